The number of amides is 1. The van der Waals surface area contributed by atoms with E-state index in [4.69, 9.17) is 26.6 Å². The van der Waals surface area contributed by atoms with Crippen LogP contribution in [0, 0.1) is 0 Å². The molecule has 1 saturated carbocycles. The Balaban J connectivity index is 1.11. The van der Waals surface area contributed by atoms with E-state index < -0.39 is 0 Å². The summed E-state index contributed by atoms with van der Waals surface area (Å²) in [5, 5.41) is 8.49. The number of aromatic nitrogens is 1. The van der Waals surface area contributed by atoms with Gasteiger partial charge in [0.1, 0.15) is 10.8 Å². The lowest BCUT2D eigenvalue weighted by molar-refractivity contribution is -0.121. The average Bonchev–Trinajstić information content (AvgIpc) is 3.41. The van der Waals surface area contributed by atoms with Crippen LogP contribution in [0.15, 0.2) is 88.4 Å². The van der Waals surface area contributed by atoms with Crippen molar-refractivity contribution in [1.82, 2.24) is 20.5 Å². The number of aliphatic imine (C=N–C) groups is 2. The number of thiazole rings is 1. The Morgan fingerprint density at radius 2 is 1.84 bits per heavy atom. The van der Waals surface area contributed by atoms with Crippen molar-refractivity contribution in [3.8, 4) is 21.8 Å². The number of likely N-dealkylation sites (N-methyl/N-ethyl adjacent to an activating group) is 1. The van der Waals surface area contributed by atoms with Crippen molar-refractivity contribution in [3.63, 3.8) is 0 Å². The molecule has 43 heavy (non-hydrogen) atoms. The van der Waals surface area contributed by atoms with Gasteiger partial charge in [-0.2, -0.15) is 4.99 Å². The summed E-state index contributed by atoms with van der Waals surface area (Å²) in [5.74, 6) is 1.70. The molecule has 1 amide bonds. The molecule has 9 heteroatoms. The SMILES string of the molecule is CN(C)C1=NC(=NC2CCC(NC(=O)Cc3sc(-c4ccccc4)nc3-c3ccc(Cl)cc3)CC2)NC2(C)CC=CC=C12. The zero-order valence-electron chi connectivity index (χ0n) is 24.8. The second-order valence-corrected chi connectivity index (χ2v) is 13.4. The Hall–Kier alpha value is -3.75. The van der Waals surface area contributed by atoms with Crippen molar-refractivity contribution in [2.75, 3.05) is 14.1 Å². The van der Waals surface area contributed by atoms with E-state index >= 15 is 0 Å². The predicted molar refractivity (Wildman–Crippen MR) is 178 cm³/mol. The standard InChI is InChI=1S/C34H37ClN6OS/c1-34-20-8-7-11-27(34)31(41(2)3)39-33(40-34)37-26-18-16-25(17-19-26)36-29(42)21-28-30(22-12-14-24(35)15-13-22)38-32(43-28)23-9-5-4-6-10-23/h4-15,25-26H,16-21H2,1-3H3,(H,36,42)(H,37,40). The number of hydrogen-bond donors (Lipinski definition) is 2. The quantitative estimate of drug-likeness (QED) is 0.326. The molecule has 7 nitrogen and oxygen atoms in total. The molecule has 0 spiro atoms. The number of allylic oxidation sites excluding steroid dienone is 2. The molecule has 0 bridgehead atoms. The number of benzene rings is 2. The molecule has 1 unspecified atom stereocenters. The number of nitrogens with one attached hydrogen (secondary N) is 2. The first-order valence-electron chi connectivity index (χ1n) is 14.9. The van der Waals surface area contributed by atoms with Gasteiger partial charge in [0, 0.05) is 46.7 Å². The van der Waals surface area contributed by atoms with Gasteiger partial charge in [-0.3, -0.25) is 4.79 Å². The number of amidine groups is 1. The Bertz CT molecular complexity index is 1600. The number of hydrogen-bond acceptors (Lipinski definition) is 5. The maximum Gasteiger partial charge on any atom is 0.225 e. The molecule has 0 radical (unpaired) electrons. The molecule has 0 saturated heterocycles. The summed E-state index contributed by atoms with van der Waals surface area (Å²) in [7, 11) is 4.06. The molecule has 2 aromatic carbocycles. The fourth-order valence-corrected chi connectivity index (χ4v) is 7.21. The van der Waals surface area contributed by atoms with Gasteiger partial charge >= 0.3 is 0 Å². The van der Waals surface area contributed by atoms with E-state index in [1.54, 1.807) is 11.3 Å². The third kappa shape index (κ3) is 6.60. The zero-order chi connectivity index (χ0) is 30.0. The zero-order valence-corrected chi connectivity index (χ0v) is 26.4. The highest BCUT2D eigenvalue weighted by molar-refractivity contribution is 7.15. The van der Waals surface area contributed by atoms with Crippen LogP contribution in [0.5, 0.6) is 0 Å². The van der Waals surface area contributed by atoms with Crippen LogP contribution >= 0.6 is 22.9 Å². The highest BCUT2D eigenvalue weighted by Crippen LogP contribution is 2.35. The van der Waals surface area contributed by atoms with Crippen molar-refractivity contribution >= 4 is 40.6 Å². The molecule has 2 N–H and O–H groups in total. The van der Waals surface area contributed by atoms with Gasteiger partial charge in [0.15, 0.2) is 0 Å². The third-order valence-corrected chi connectivity index (χ3v) is 9.66. The average molecular weight is 613 g/mol. The molecule has 3 aliphatic rings. The summed E-state index contributed by atoms with van der Waals surface area (Å²) >= 11 is 7.72. The highest BCUT2D eigenvalue weighted by Gasteiger charge is 2.38. The van der Waals surface area contributed by atoms with Crippen molar-refractivity contribution in [1.29, 1.82) is 0 Å². The number of nitrogens with zero attached hydrogens (tertiary/aromatic N) is 4. The summed E-state index contributed by atoms with van der Waals surface area (Å²) in [6.45, 7) is 2.22. The lowest BCUT2D eigenvalue weighted by atomic mass is 9.82. The maximum atomic E-state index is 13.3. The first-order valence-corrected chi connectivity index (χ1v) is 16.1. The van der Waals surface area contributed by atoms with Gasteiger partial charge in [-0.1, -0.05) is 72.3 Å². The Kier molecular flexibility index (Phi) is 8.50. The van der Waals surface area contributed by atoms with E-state index in [1.165, 1.54) is 5.57 Å². The van der Waals surface area contributed by atoms with Gasteiger partial charge in [-0.15, -0.1) is 11.3 Å². The van der Waals surface area contributed by atoms with Gasteiger partial charge in [0.2, 0.25) is 11.9 Å². The molecular formula is C34H37ClN6OS. The smallest absolute Gasteiger partial charge is 0.225 e. The lowest BCUT2D eigenvalue weighted by Gasteiger charge is -2.40. The fourth-order valence-electron chi connectivity index (χ4n) is 5.99. The number of guanidine groups is 1. The van der Waals surface area contributed by atoms with Gasteiger partial charge in [-0.05, 0) is 51.2 Å². The highest BCUT2D eigenvalue weighted by atomic mass is 35.5. The second kappa shape index (κ2) is 12.5. The predicted octanol–water partition coefficient (Wildman–Crippen LogP) is 6.66. The number of fused-ring (bicyclic) bond motifs is 1. The molecule has 1 fully saturated rings. The first-order chi connectivity index (χ1) is 20.8. The molecule has 1 aliphatic heterocycles. The fraction of sp³-hybridized carbons (Fsp3) is 0.353. The minimum absolute atomic E-state index is 0.0278. The van der Waals surface area contributed by atoms with Gasteiger partial charge < -0.3 is 15.5 Å². The van der Waals surface area contributed by atoms with Crippen LogP contribution in [0.3, 0.4) is 0 Å². The van der Waals surface area contributed by atoms with Crippen molar-refractivity contribution in [3.05, 3.63) is 88.3 Å². The molecule has 222 valence electrons. The number of halogens is 1. The minimum Gasteiger partial charge on any atom is -0.362 e. The summed E-state index contributed by atoms with van der Waals surface area (Å²) < 4.78 is 0. The number of carbonyl (C=O) groups is 1. The van der Waals surface area contributed by atoms with Crippen molar-refractivity contribution in [2.24, 2.45) is 9.98 Å². The number of carbonyl (C=O) groups excluding carboxylic acids is 1. The van der Waals surface area contributed by atoms with Crippen LogP contribution in [-0.2, 0) is 11.2 Å². The van der Waals surface area contributed by atoms with Gasteiger partial charge in [0.05, 0.1) is 23.7 Å². The Morgan fingerprint density at radius 3 is 2.56 bits per heavy atom. The molecule has 3 aromatic rings. The molecule has 1 aromatic heterocycles. The Labute approximate surface area is 262 Å². The third-order valence-electron chi connectivity index (χ3n) is 8.31. The van der Waals surface area contributed by atoms with E-state index in [2.05, 4.69) is 40.7 Å². The van der Waals surface area contributed by atoms with Gasteiger partial charge in [0.25, 0.3) is 0 Å². The van der Waals surface area contributed by atoms with Gasteiger partial charge in [-0.25, -0.2) is 9.98 Å². The van der Waals surface area contributed by atoms with Crippen LogP contribution in [0.1, 0.15) is 43.9 Å². The van der Waals surface area contributed by atoms with Crippen LogP contribution in [0.4, 0.5) is 0 Å². The molecule has 1 atom stereocenters. The topological polar surface area (TPSA) is 82.0 Å². The molecule has 2 aliphatic carbocycles. The first kappa shape index (κ1) is 29.3. The van der Waals surface area contributed by atoms with Crippen molar-refractivity contribution in [2.45, 2.75) is 63.1 Å². The molecular weight excluding hydrogens is 576 g/mol. The summed E-state index contributed by atoms with van der Waals surface area (Å²) in [6, 6.07) is 18.1. The van der Waals surface area contributed by atoms with E-state index in [0.29, 0.717) is 17.4 Å². The van der Waals surface area contributed by atoms with E-state index in [-0.39, 0.29) is 23.5 Å². The largest absolute Gasteiger partial charge is 0.362 e. The maximum absolute atomic E-state index is 13.3. The lowest BCUT2D eigenvalue weighted by Crippen LogP contribution is -2.55. The monoisotopic (exact) mass is 612 g/mol. The van der Waals surface area contributed by atoms with E-state index in [0.717, 1.165) is 64.6 Å². The minimum atomic E-state index is -0.206. The molecule has 2 heterocycles. The van der Waals surface area contributed by atoms with Crippen LogP contribution in [-0.4, -0.2) is 59.3 Å². The number of rotatable bonds is 6. The van der Waals surface area contributed by atoms with Crippen LogP contribution in [0.2, 0.25) is 5.02 Å². The van der Waals surface area contributed by atoms with Crippen LogP contribution in [0.25, 0.3) is 21.8 Å². The van der Waals surface area contributed by atoms with Crippen molar-refractivity contribution < 1.29 is 4.79 Å². The summed E-state index contributed by atoms with van der Waals surface area (Å²) in [5.41, 5.74) is 3.84. The second-order valence-electron chi connectivity index (χ2n) is 11.9. The van der Waals surface area contributed by atoms with E-state index in [1.807, 2.05) is 68.7 Å². The van der Waals surface area contributed by atoms with E-state index in [9.17, 15) is 4.79 Å². The summed E-state index contributed by atoms with van der Waals surface area (Å²) in [4.78, 5) is 31.2. The molecule has 6 rings (SSSR count). The normalized spacial score (nSPS) is 24.0. The Morgan fingerprint density at radius 1 is 1.09 bits per heavy atom. The van der Waals surface area contributed by atoms with Crippen LogP contribution < -0.4 is 10.6 Å². The summed E-state index contributed by atoms with van der Waals surface area (Å²) in [6.07, 6.45) is 11.2.